The van der Waals surface area contributed by atoms with Gasteiger partial charge in [-0.3, -0.25) is 4.79 Å². The number of rotatable bonds is 6. The summed E-state index contributed by atoms with van der Waals surface area (Å²) < 4.78 is 10.5. The Bertz CT molecular complexity index is 1130. The van der Waals surface area contributed by atoms with Gasteiger partial charge in [0.15, 0.2) is 16.7 Å². The third-order valence-corrected chi connectivity index (χ3v) is 7.57. The molecule has 1 aliphatic carbocycles. The quantitative estimate of drug-likeness (QED) is 0.413. The molecule has 0 saturated heterocycles. The van der Waals surface area contributed by atoms with E-state index in [2.05, 4.69) is 17.2 Å². The first kappa shape index (κ1) is 21.7. The van der Waals surface area contributed by atoms with Crippen LogP contribution in [0.2, 0.25) is 0 Å². The number of carbonyl (C=O) groups is 1. The van der Waals surface area contributed by atoms with Crippen LogP contribution in [0.4, 0.5) is 11.5 Å². The van der Waals surface area contributed by atoms with Gasteiger partial charge in [-0.15, -0.1) is 11.3 Å². The summed E-state index contributed by atoms with van der Waals surface area (Å²) in [4.78, 5) is 24.2. The Morgan fingerprint density at radius 1 is 1.29 bits per heavy atom. The zero-order valence-corrected chi connectivity index (χ0v) is 19.7. The van der Waals surface area contributed by atoms with E-state index >= 15 is 0 Å². The predicted molar refractivity (Wildman–Crippen MR) is 127 cm³/mol. The number of thiophene rings is 1. The lowest BCUT2D eigenvalue weighted by molar-refractivity contribution is -0.115. The lowest BCUT2D eigenvalue weighted by Gasteiger charge is -2.17. The van der Waals surface area contributed by atoms with Crippen molar-refractivity contribution in [2.24, 2.45) is 5.92 Å². The lowest BCUT2D eigenvalue weighted by atomic mass is 9.89. The molecule has 0 radical (unpaired) electrons. The summed E-state index contributed by atoms with van der Waals surface area (Å²) in [6.07, 6.45) is 3.27. The van der Waals surface area contributed by atoms with Crippen LogP contribution in [-0.4, -0.2) is 35.3 Å². The molecule has 2 unspecified atom stereocenters. The van der Waals surface area contributed by atoms with Gasteiger partial charge in [-0.2, -0.15) is 0 Å². The van der Waals surface area contributed by atoms with Crippen molar-refractivity contribution in [2.45, 2.75) is 43.5 Å². The van der Waals surface area contributed by atoms with E-state index in [0.717, 1.165) is 23.1 Å². The van der Waals surface area contributed by atoms with Crippen molar-refractivity contribution in [3.8, 4) is 11.5 Å². The van der Waals surface area contributed by atoms with Gasteiger partial charge >= 0.3 is 0 Å². The number of nitrogens with one attached hydrogen (secondary N) is 1. The van der Waals surface area contributed by atoms with Crippen molar-refractivity contribution >= 4 is 50.7 Å². The third-order valence-electron chi connectivity index (χ3n) is 5.47. The number of nitrogens with two attached hydrogens (primary N) is 1. The average molecular weight is 459 g/mol. The number of fused-ring (bicyclic) bond motifs is 3. The van der Waals surface area contributed by atoms with Crippen LogP contribution in [0, 0.1) is 5.92 Å². The number of aromatic nitrogens is 2. The average Bonchev–Trinajstić information content (AvgIpc) is 3.11. The number of thioether (sulfide) groups is 1. The zero-order chi connectivity index (χ0) is 22.1. The maximum absolute atomic E-state index is 12.7. The molecule has 3 N–H and O–H groups in total. The highest BCUT2D eigenvalue weighted by atomic mass is 32.2. The van der Waals surface area contributed by atoms with Crippen LogP contribution in [0.5, 0.6) is 11.5 Å². The van der Waals surface area contributed by atoms with Gasteiger partial charge < -0.3 is 20.5 Å². The molecule has 9 heteroatoms. The maximum Gasteiger partial charge on any atom is 0.237 e. The Hall–Kier alpha value is -2.52. The molecular weight excluding hydrogens is 432 g/mol. The molecule has 0 spiro atoms. The second kappa shape index (κ2) is 8.92. The minimum absolute atomic E-state index is 0.154. The topological polar surface area (TPSA) is 99.4 Å². The largest absolute Gasteiger partial charge is 0.493 e. The molecule has 164 valence electrons. The van der Waals surface area contributed by atoms with E-state index < -0.39 is 5.25 Å². The van der Waals surface area contributed by atoms with Gasteiger partial charge in [0.1, 0.15) is 10.6 Å². The van der Waals surface area contributed by atoms with Gasteiger partial charge in [0, 0.05) is 16.6 Å². The van der Waals surface area contributed by atoms with Crippen molar-refractivity contribution in [1.82, 2.24) is 9.97 Å². The number of benzene rings is 1. The van der Waals surface area contributed by atoms with E-state index in [-0.39, 0.29) is 5.91 Å². The van der Waals surface area contributed by atoms with Crippen LogP contribution in [0.1, 0.15) is 30.7 Å². The van der Waals surface area contributed by atoms with E-state index in [9.17, 15) is 4.79 Å². The van der Waals surface area contributed by atoms with E-state index in [1.54, 1.807) is 43.8 Å². The van der Waals surface area contributed by atoms with Crippen LogP contribution in [0.15, 0.2) is 23.4 Å². The Kier molecular flexibility index (Phi) is 6.24. The van der Waals surface area contributed by atoms with E-state index in [4.69, 9.17) is 20.2 Å². The van der Waals surface area contributed by atoms with Gasteiger partial charge in [-0.05, 0) is 49.8 Å². The number of amides is 1. The van der Waals surface area contributed by atoms with Gasteiger partial charge in [-0.25, -0.2) is 9.97 Å². The standard InChI is InChI=1S/C22H26N4O3S2/c1-11-5-7-14-17(9-11)31-21-18(14)19(23)25-22(26-21)30-12(2)20(27)24-13-6-8-15(28-3)16(10-13)29-4/h6,8,10-12H,5,7,9H2,1-4H3,(H,24,27)(H2,23,25,26). The summed E-state index contributed by atoms with van der Waals surface area (Å²) in [6.45, 7) is 4.11. The molecule has 31 heavy (non-hydrogen) atoms. The van der Waals surface area contributed by atoms with Crippen molar-refractivity contribution in [3.05, 3.63) is 28.6 Å². The number of anilines is 2. The zero-order valence-electron chi connectivity index (χ0n) is 18.0. The second-order valence-corrected chi connectivity index (χ2v) is 10.1. The van der Waals surface area contributed by atoms with Crippen molar-refractivity contribution < 1.29 is 14.3 Å². The molecule has 2 aromatic heterocycles. The number of carbonyl (C=O) groups excluding carboxylic acids is 1. The Balaban J connectivity index is 1.50. The normalized spacial score (nSPS) is 16.6. The summed E-state index contributed by atoms with van der Waals surface area (Å²) in [6, 6.07) is 5.25. The van der Waals surface area contributed by atoms with E-state index in [1.807, 2.05) is 6.92 Å². The molecule has 4 rings (SSSR count). The van der Waals surface area contributed by atoms with Crippen molar-refractivity contribution in [1.29, 1.82) is 0 Å². The number of methoxy groups -OCH3 is 2. The second-order valence-electron chi connectivity index (χ2n) is 7.74. The summed E-state index contributed by atoms with van der Waals surface area (Å²) in [5.41, 5.74) is 8.25. The SMILES string of the molecule is COc1ccc(NC(=O)C(C)Sc2nc(N)c3c4c(sc3n2)CC(C)CC4)cc1OC. The Labute approximate surface area is 189 Å². The van der Waals surface area contributed by atoms with Crippen LogP contribution < -0.4 is 20.5 Å². The molecule has 0 fully saturated rings. The number of ether oxygens (including phenoxy) is 2. The molecular formula is C22H26N4O3S2. The molecule has 1 aliphatic rings. The van der Waals surface area contributed by atoms with Crippen LogP contribution >= 0.6 is 23.1 Å². The first-order valence-electron chi connectivity index (χ1n) is 10.2. The van der Waals surface area contributed by atoms with E-state index in [1.165, 1.54) is 28.6 Å². The Morgan fingerprint density at radius 2 is 2.06 bits per heavy atom. The fourth-order valence-corrected chi connectivity index (χ4v) is 6.00. The summed E-state index contributed by atoms with van der Waals surface area (Å²) >= 11 is 3.01. The van der Waals surface area contributed by atoms with Crippen LogP contribution in [0.25, 0.3) is 10.2 Å². The summed E-state index contributed by atoms with van der Waals surface area (Å²) in [5.74, 6) is 2.20. The molecule has 3 aromatic rings. The van der Waals surface area contributed by atoms with Crippen molar-refractivity contribution in [3.63, 3.8) is 0 Å². The van der Waals surface area contributed by atoms with Gasteiger partial charge in [0.25, 0.3) is 0 Å². The first-order chi connectivity index (χ1) is 14.9. The molecule has 7 nitrogen and oxygen atoms in total. The summed E-state index contributed by atoms with van der Waals surface area (Å²) in [5, 5.41) is 4.02. The predicted octanol–water partition coefficient (Wildman–Crippen LogP) is 4.53. The number of hydrogen-bond donors (Lipinski definition) is 2. The molecule has 1 amide bonds. The molecule has 1 aromatic carbocycles. The third kappa shape index (κ3) is 4.43. The molecule has 2 atom stereocenters. The highest BCUT2D eigenvalue weighted by Gasteiger charge is 2.24. The molecule has 0 saturated carbocycles. The smallest absolute Gasteiger partial charge is 0.237 e. The fraction of sp³-hybridized carbons (Fsp3) is 0.409. The maximum atomic E-state index is 12.7. The molecule has 0 aliphatic heterocycles. The number of aryl methyl sites for hydroxylation is 1. The van der Waals surface area contributed by atoms with Crippen LogP contribution in [-0.2, 0) is 17.6 Å². The van der Waals surface area contributed by atoms with Crippen LogP contribution in [0.3, 0.4) is 0 Å². The van der Waals surface area contributed by atoms with E-state index in [0.29, 0.717) is 34.1 Å². The minimum atomic E-state index is -0.403. The van der Waals surface area contributed by atoms with Gasteiger partial charge in [0.05, 0.1) is 24.9 Å². The van der Waals surface area contributed by atoms with Gasteiger partial charge in [0.2, 0.25) is 5.91 Å². The minimum Gasteiger partial charge on any atom is -0.493 e. The number of hydrogen-bond acceptors (Lipinski definition) is 8. The van der Waals surface area contributed by atoms with Crippen molar-refractivity contribution in [2.75, 3.05) is 25.3 Å². The van der Waals surface area contributed by atoms with Gasteiger partial charge in [-0.1, -0.05) is 18.7 Å². The highest BCUT2D eigenvalue weighted by molar-refractivity contribution is 8.00. The number of nitrogens with zero attached hydrogens (tertiary/aromatic N) is 2. The Morgan fingerprint density at radius 3 is 2.81 bits per heavy atom. The lowest BCUT2D eigenvalue weighted by Crippen LogP contribution is -2.22. The monoisotopic (exact) mass is 458 g/mol. The molecule has 2 heterocycles. The molecule has 0 bridgehead atoms. The first-order valence-corrected chi connectivity index (χ1v) is 11.9. The fourth-order valence-electron chi connectivity index (χ4n) is 3.77. The highest BCUT2D eigenvalue weighted by Crippen LogP contribution is 2.40. The summed E-state index contributed by atoms with van der Waals surface area (Å²) in [7, 11) is 3.13. The number of nitrogen functional groups attached to an aromatic ring is 1.